The number of nitrogens with two attached hydrogens (primary N) is 1. The Kier molecular flexibility index (Phi) is 5.28. The number of carbonyl (C=O) groups is 2. The van der Waals surface area contributed by atoms with Crippen molar-refractivity contribution in [2.24, 2.45) is 5.73 Å². The highest BCUT2D eigenvalue weighted by molar-refractivity contribution is 7.09. The first kappa shape index (κ1) is 17.6. The molecule has 3 rings (SSSR count). The van der Waals surface area contributed by atoms with E-state index in [9.17, 15) is 9.59 Å². The summed E-state index contributed by atoms with van der Waals surface area (Å²) in [7, 11) is 0. The van der Waals surface area contributed by atoms with Crippen molar-refractivity contribution in [3.63, 3.8) is 0 Å². The van der Waals surface area contributed by atoms with E-state index in [1.54, 1.807) is 59.9 Å². The Morgan fingerprint density at radius 1 is 1.15 bits per heavy atom. The monoisotopic (exact) mass is 367 g/mol. The van der Waals surface area contributed by atoms with Crippen LogP contribution in [0.15, 0.2) is 53.9 Å². The maximum atomic E-state index is 12.4. The maximum absolute atomic E-state index is 12.4. The third kappa shape index (κ3) is 4.46. The lowest BCUT2D eigenvalue weighted by molar-refractivity contribution is 0.0998. The second-order valence-electron chi connectivity index (χ2n) is 5.57. The van der Waals surface area contributed by atoms with Crippen molar-refractivity contribution in [1.29, 1.82) is 0 Å². The van der Waals surface area contributed by atoms with Crippen LogP contribution in [0.5, 0.6) is 5.75 Å². The first-order chi connectivity index (χ1) is 12.5. The van der Waals surface area contributed by atoms with E-state index >= 15 is 0 Å². The van der Waals surface area contributed by atoms with Crippen LogP contribution in [0.2, 0.25) is 0 Å². The Labute approximate surface area is 154 Å². The molecule has 2 amide bonds. The molecule has 2 aromatic carbocycles. The van der Waals surface area contributed by atoms with Crippen molar-refractivity contribution in [3.05, 3.63) is 75.7 Å². The molecule has 26 heavy (non-hydrogen) atoms. The van der Waals surface area contributed by atoms with Gasteiger partial charge in [0.1, 0.15) is 12.4 Å². The highest BCUT2D eigenvalue weighted by atomic mass is 32.1. The summed E-state index contributed by atoms with van der Waals surface area (Å²) in [5.41, 5.74) is 7.49. The Bertz CT molecular complexity index is 935. The topological polar surface area (TPSA) is 94.3 Å². The number of primary amides is 1. The number of hydrogen-bond acceptors (Lipinski definition) is 5. The van der Waals surface area contributed by atoms with E-state index in [1.165, 1.54) is 0 Å². The molecule has 0 aliphatic rings. The summed E-state index contributed by atoms with van der Waals surface area (Å²) in [5.74, 6) is -0.192. The summed E-state index contributed by atoms with van der Waals surface area (Å²) >= 11 is 1.57. The highest BCUT2D eigenvalue weighted by Crippen LogP contribution is 2.18. The molecule has 0 saturated carbocycles. The van der Waals surface area contributed by atoms with Crippen LogP contribution in [-0.2, 0) is 6.61 Å². The zero-order valence-corrected chi connectivity index (χ0v) is 14.9. The van der Waals surface area contributed by atoms with Crippen molar-refractivity contribution in [1.82, 2.24) is 4.98 Å². The number of nitrogens with one attached hydrogen (secondary N) is 1. The van der Waals surface area contributed by atoms with Gasteiger partial charge in [0.25, 0.3) is 5.91 Å². The number of amides is 2. The number of aryl methyl sites for hydroxylation is 1. The van der Waals surface area contributed by atoms with Crippen LogP contribution >= 0.6 is 11.3 Å². The van der Waals surface area contributed by atoms with Crippen LogP contribution in [-0.4, -0.2) is 16.8 Å². The van der Waals surface area contributed by atoms with E-state index in [-0.39, 0.29) is 5.91 Å². The average molecular weight is 367 g/mol. The van der Waals surface area contributed by atoms with Gasteiger partial charge in [-0.25, -0.2) is 4.98 Å². The van der Waals surface area contributed by atoms with Crippen LogP contribution in [0.1, 0.15) is 31.4 Å². The molecule has 132 valence electrons. The predicted octanol–water partition coefficient (Wildman–Crippen LogP) is 3.38. The fourth-order valence-electron chi connectivity index (χ4n) is 2.28. The molecule has 0 bridgehead atoms. The minimum atomic E-state index is -0.511. The Morgan fingerprint density at radius 3 is 2.58 bits per heavy atom. The molecule has 0 radical (unpaired) electrons. The molecule has 0 aliphatic carbocycles. The van der Waals surface area contributed by atoms with Crippen LogP contribution < -0.4 is 15.8 Å². The van der Waals surface area contributed by atoms with Gasteiger partial charge in [-0.3, -0.25) is 9.59 Å². The molecule has 0 atom stereocenters. The largest absolute Gasteiger partial charge is 0.487 e. The molecule has 3 aromatic rings. The SMILES string of the molecule is Cc1nc(COc2cccc(C(=O)Nc3ccc(C(N)=O)cc3)c2)cs1. The third-order valence-corrected chi connectivity index (χ3v) is 4.40. The van der Waals surface area contributed by atoms with Crippen molar-refractivity contribution >= 4 is 28.8 Å². The summed E-state index contributed by atoms with van der Waals surface area (Å²) in [4.78, 5) is 27.8. The number of anilines is 1. The van der Waals surface area contributed by atoms with Gasteiger partial charge in [0.15, 0.2) is 0 Å². The summed E-state index contributed by atoms with van der Waals surface area (Å²) in [6, 6.07) is 13.3. The van der Waals surface area contributed by atoms with Crippen molar-refractivity contribution in [3.8, 4) is 5.75 Å². The first-order valence-electron chi connectivity index (χ1n) is 7.86. The number of nitrogens with zero attached hydrogens (tertiary/aromatic N) is 1. The Hall–Kier alpha value is -3.19. The van der Waals surface area contributed by atoms with Gasteiger partial charge >= 0.3 is 0 Å². The lowest BCUT2D eigenvalue weighted by atomic mass is 10.1. The lowest BCUT2D eigenvalue weighted by Crippen LogP contribution is -2.13. The van der Waals surface area contributed by atoms with Gasteiger partial charge < -0.3 is 15.8 Å². The van der Waals surface area contributed by atoms with Gasteiger partial charge in [-0.05, 0) is 49.4 Å². The standard InChI is InChI=1S/C19H17N3O3S/c1-12-21-16(11-26-12)10-25-17-4-2-3-14(9-17)19(24)22-15-7-5-13(6-8-15)18(20)23/h2-9,11H,10H2,1H3,(H2,20,23)(H,22,24). The Balaban J connectivity index is 1.64. The number of ether oxygens (including phenoxy) is 1. The molecular formula is C19H17N3O3S. The van der Waals surface area contributed by atoms with Crippen LogP contribution in [0.25, 0.3) is 0 Å². The number of benzene rings is 2. The first-order valence-corrected chi connectivity index (χ1v) is 8.74. The van der Waals surface area contributed by atoms with Crippen LogP contribution in [0, 0.1) is 6.92 Å². The number of thiazole rings is 1. The van der Waals surface area contributed by atoms with Gasteiger partial charge in [0.05, 0.1) is 10.7 Å². The molecule has 0 unspecified atom stereocenters. The van der Waals surface area contributed by atoms with Gasteiger partial charge in [-0.2, -0.15) is 0 Å². The third-order valence-electron chi connectivity index (χ3n) is 3.58. The summed E-state index contributed by atoms with van der Waals surface area (Å²) in [6.07, 6.45) is 0. The van der Waals surface area contributed by atoms with Crippen molar-refractivity contribution < 1.29 is 14.3 Å². The van der Waals surface area contributed by atoms with E-state index in [4.69, 9.17) is 10.5 Å². The fraction of sp³-hybridized carbons (Fsp3) is 0.105. The quantitative estimate of drug-likeness (QED) is 0.698. The molecule has 1 heterocycles. The van der Waals surface area contributed by atoms with Crippen LogP contribution in [0.3, 0.4) is 0 Å². The summed E-state index contributed by atoms with van der Waals surface area (Å²) in [6.45, 7) is 2.29. The van der Waals surface area contributed by atoms with E-state index < -0.39 is 5.91 Å². The minimum Gasteiger partial charge on any atom is -0.487 e. The smallest absolute Gasteiger partial charge is 0.255 e. The molecule has 0 aliphatic heterocycles. The summed E-state index contributed by atoms with van der Waals surface area (Å²) < 4.78 is 5.70. The molecular weight excluding hydrogens is 350 g/mol. The van der Waals surface area contributed by atoms with Gasteiger partial charge in [0.2, 0.25) is 5.91 Å². The second-order valence-corrected chi connectivity index (χ2v) is 6.63. The molecule has 7 heteroatoms. The number of aromatic nitrogens is 1. The normalized spacial score (nSPS) is 10.3. The molecule has 1 aromatic heterocycles. The zero-order valence-electron chi connectivity index (χ0n) is 14.1. The molecule has 0 spiro atoms. The van der Waals surface area contributed by atoms with Crippen molar-refractivity contribution in [2.45, 2.75) is 13.5 Å². The average Bonchev–Trinajstić information content (AvgIpc) is 3.06. The molecule has 6 nitrogen and oxygen atoms in total. The predicted molar refractivity (Wildman–Crippen MR) is 101 cm³/mol. The molecule has 0 fully saturated rings. The van der Waals surface area contributed by atoms with E-state index in [0.717, 1.165) is 10.7 Å². The number of rotatable bonds is 6. The van der Waals surface area contributed by atoms with Crippen molar-refractivity contribution in [2.75, 3.05) is 5.32 Å². The van der Waals surface area contributed by atoms with Gasteiger partial charge in [0, 0.05) is 22.2 Å². The maximum Gasteiger partial charge on any atom is 0.255 e. The Morgan fingerprint density at radius 2 is 1.92 bits per heavy atom. The minimum absolute atomic E-state index is 0.272. The zero-order chi connectivity index (χ0) is 18.5. The van der Waals surface area contributed by atoms with Gasteiger partial charge in [-0.1, -0.05) is 6.07 Å². The molecule has 0 saturated heterocycles. The van der Waals surface area contributed by atoms with Gasteiger partial charge in [-0.15, -0.1) is 11.3 Å². The highest BCUT2D eigenvalue weighted by Gasteiger charge is 2.09. The summed E-state index contributed by atoms with van der Waals surface area (Å²) in [5, 5.41) is 5.70. The van der Waals surface area contributed by atoms with E-state index in [2.05, 4.69) is 10.3 Å². The molecule has 3 N–H and O–H groups in total. The number of carbonyl (C=O) groups excluding carboxylic acids is 2. The number of hydrogen-bond donors (Lipinski definition) is 2. The van der Waals surface area contributed by atoms with Crippen LogP contribution in [0.4, 0.5) is 5.69 Å². The van der Waals surface area contributed by atoms with E-state index in [1.807, 2.05) is 12.3 Å². The lowest BCUT2D eigenvalue weighted by Gasteiger charge is -2.08. The fourth-order valence-corrected chi connectivity index (χ4v) is 2.88. The van der Waals surface area contributed by atoms with E-state index in [0.29, 0.717) is 29.2 Å². The second kappa shape index (κ2) is 7.79.